The van der Waals surface area contributed by atoms with E-state index in [9.17, 15) is 9.90 Å². The maximum Gasteiger partial charge on any atom is 0.255 e. The predicted molar refractivity (Wildman–Crippen MR) is 99.8 cm³/mol. The van der Waals surface area contributed by atoms with Crippen LogP contribution in [0.25, 0.3) is 0 Å². The Kier molecular flexibility index (Phi) is 5.58. The van der Waals surface area contributed by atoms with Crippen LogP contribution in [0.2, 0.25) is 0 Å². The van der Waals surface area contributed by atoms with Crippen LogP contribution in [0.3, 0.4) is 0 Å². The lowest BCUT2D eigenvalue weighted by molar-refractivity contribution is 0.0948. The van der Waals surface area contributed by atoms with E-state index in [2.05, 4.69) is 27.1 Å². The van der Waals surface area contributed by atoms with Gasteiger partial charge < -0.3 is 25.0 Å². The van der Waals surface area contributed by atoms with Crippen LogP contribution in [0.1, 0.15) is 15.9 Å². The van der Waals surface area contributed by atoms with E-state index in [1.54, 1.807) is 18.3 Å². The standard InChI is InChI=1S/C19H24N4O3/c1-22-8-10-23(11-9-22)18-14(4-3-7-20-18)13-21-19(25)16-6-5-15(26-2)12-17(16)24/h3-7,12,24H,8-11,13H2,1-2H3,(H,21,25). The molecule has 0 saturated carbocycles. The first-order valence-corrected chi connectivity index (χ1v) is 8.61. The molecule has 7 nitrogen and oxygen atoms in total. The number of carbonyl (C=O) groups is 1. The van der Waals surface area contributed by atoms with E-state index in [0.29, 0.717) is 12.3 Å². The highest BCUT2D eigenvalue weighted by Crippen LogP contribution is 2.24. The number of ether oxygens (including phenoxy) is 1. The van der Waals surface area contributed by atoms with Gasteiger partial charge >= 0.3 is 0 Å². The highest BCUT2D eigenvalue weighted by molar-refractivity contribution is 5.97. The number of hydrogen-bond donors (Lipinski definition) is 2. The summed E-state index contributed by atoms with van der Waals surface area (Å²) < 4.78 is 5.04. The Labute approximate surface area is 153 Å². The number of amides is 1. The summed E-state index contributed by atoms with van der Waals surface area (Å²) in [7, 11) is 3.62. The van der Waals surface area contributed by atoms with Crippen molar-refractivity contribution in [1.29, 1.82) is 0 Å². The van der Waals surface area contributed by atoms with Gasteiger partial charge in [-0.1, -0.05) is 6.07 Å². The van der Waals surface area contributed by atoms with Crippen LogP contribution in [-0.4, -0.2) is 61.2 Å². The molecule has 3 rings (SSSR count). The van der Waals surface area contributed by atoms with Gasteiger partial charge in [0.1, 0.15) is 17.3 Å². The van der Waals surface area contributed by atoms with E-state index in [1.807, 2.05) is 12.1 Å². The van der Waals surface area contributed by atoms with Crippen LogP contribution in [-0.2, 0) is 6.54 Å². The van der Waals surface area contributed by atoms with Gasteiger partial charge in [-0.3, -0.25) is 4.79 Å². The lowest BCUT2D eigenvalue weighted by Crippen LogP contribution is -2.45. The van der Waals surface area contributed by atoms with Crippen molar-refractivity contribution in [2.24, 2.45) is 0 Å². The van der Waals surface area contributed by atoms with Gasteiger partial charge in [0.15, 0.2) is 0 Å². The number of carbonyl (C=O) groups excluding carboxylic acids is 1. The first-order valence-electron chi connectivity index (χ1n) is 8.61. The molecule has 0 atom stereocenters. The Hall–Kier alpha value is -2.80. The van der Waals surface area contributed by atoms with Crippen LogP contribution in [0.15, 0.2) is 36.5 Å². The molecule has 0 unspecified atom stereocenters. The lowest BCUT2D eigenvalue weighted by atomic mass is 10.1. The number of aromatic hydroxyl groups is 1. The van der Waals surface area contributed by atoms with Crippen molar-refractivity contribution in [3.05, 3.63) is 47.7 Å². The summed E-state index contributed by atoms with van der Waals surface area (Å²) in [4.78, 5) is 21.5. The quantitative estimate of drug-likeness (QED) is 0.845. The van der Waals surface area contributed by atoms with E-state index in [0.717, 1.165) is 37.6 Å². The summed E-state index contributed by atoms with van der Waals surface area (Å²) in [5.41, 5.74) is 1.18. The largest absolute Gasteiger partial charge is 0.507 e. The highest BCUT2D eigenvalue weighted by atomic mass is 16.5. The fraction of sp³-hybridized carbons (Fsp3) is 0.368. The van der Waals surface area contributed by atoms with Crippen molar-refractivity contribution < 1.29 is 14.6 Å². The van der Waals surface area contributed by atoms with Crippen LogP contribution in [0.4, 0.5) is 5.82 Å². The second-order valence-electron chi connectivity index (χ2n) is 6.34. The van der Waals surface area contributed by atoms with Crippen molar-refractivity contribution in [2.75, 3.05) is 45.2 Å². The SMILES string of the molecule is COc1ccc(C(=O)NCc2cccnc2N2CCN(C)CC2)c(O)c1. The minimum absolute atomic E-state index is 0.104. The van der Waals surface area contributed by atoms with Crippen molar-refractivity contribution in [1.82, 2.24) is 15.2 Å². The molecule has 2 N–H and O–H groups in total. The summed E-state index contributed by atoms with van der Waals surface area (Å²) in [5.74, 6) is 0.967. The number of rotatable bonds is 5. The predicted octanol–water partition coefficient (Wildman–Crippen LogP) is 1.48. The Bertz CT molecular complexity index is 773. The number of likely N-dealkylation sites (N-methyl/N-ethyl adjacent to an activating group) is 1. The van der Waals surface area contributed by atoms with Gasteiger partial charge in [-0.2, -0.15) is 0 Å². The van der Waals surface area contributed by atoms with Gasteiger partial charge in [-0.15, -0.1) is 0 Å². The number of piperazine rings is 1. The molecular formula is C19H24N4O3. The van der Waals surface area contributed by atoms with E-state index in [1.165, 1.54) is 13.2 Å². The second kappa shape index (κ2) is 8.05. The lowest BCUT2D eigenvalue weighted by Gasteiger charge is -2.34. The zero-order valence-electron chi connectivity index (χ0n) is 15.1. The second-order valence-corrected chi connectivity index (χ2v) is 6.34. The number of phenolic OH excluding ortho intramolecular Hbond substituents is 1. The smallest absolute Gasteiger partial charge is 0.255 e. The number of benzene rings is 1. The molecule has 138 valence electrons. The van der Waals surface area contributed by atoms with Gasteiger partial charge in [0.05, 0.1) is 12.7 Å². The molecule has 1 saturated heterocycles. The Morgan fingerprint density at radius 1 is 1.27 bits per heavy atom. The number of phenols is 1. The van der Waals surface area contributed by atoms with Gasteiger partial charge in [-0.05, 0) is 25.2 Å². The van der Waals surface area contributed by atoms with E-state index >= 15 is 0 Å². The van der Waals surface area contributed by atoms with Crippen LogP contribution in [0, 0.1) is 0 Å². The number of pyridine rings is 1. The third kappa shape index (κ3) is 4.05. The first-order chi connectivity index (χ1) is 12.6. The average Bonchev–Trinajstić information content (AvgIpc) is 2.67. The third-order valence-electron chi connectivity index (χ3n) is 4.56. The van der Waals surface area contributed by atoms with Crippen LogP contribution in [0.5, 0.6) is 11.5 Å². The maximum atomic E-state index is 12.4. The van der Waals surface area contributed by atoms with Crippen molar-refractivity contribution in [3.8, 4) is 11.5 Å². The van der Waals surface area contributed by atoms with E-state index in [-0.39, 0.29) is 17.2 Å². The molecule has 1 aliphatic heterocycles. The number of aromatic nitrogens is 1. The molecule has 0 radical (unpaired) electrons. The monoisotopic (exact) mass is 356 g/mol. The summed E-state index contributed by atoms with van der Waals surface area (Å²) in [6, 6.07) is 8.46. The molecule has 0 spiro atoms. The average molecular weight is 356 g/mol. The number of methoxy groups -OCH3 is 1. The fourth-order valence-electron chi connectivity index (χ4n) is 2.97. The fourth-order valence-corrected chi connectivity index (χ4v) is 2.97. The minimum atomic E-state index is -0.335. The molecule has 2 heterocycles. The summed E-state index contributed by atoms with van der Waals surface area (Å²) in [5, 5.41) is 12.9. The van der Waals surface area contributed by atoms with E-state index < -0.39 is 0 Å². The molecule has 1 aromatic heterocycles. The van der Waals surface area contributed by atoms with Crippen molar-refractivity contribution in [2.45, 2.75) is 6.54 Å². The molecule has 2 aromatic rings. The normalized spacial score (nSPS) is 14.9. The molecule has 7 heteroatoms. The van der Waals surface area contributed by atoms with Crippen LogP contribution < -0.4 is 15.0 Å². The summed E-state index contributed by atoms with van der Waals surface area (Å²) in [6.45, 7) is 4.14. The molecule has 1 aliphatic rings. The molecule has 26 heavy (non-hydrogen) atoms. The maximum absolute atomic E-state index is 12.4. The Morgan fingerprint density at radius 3 is 2.73 bits per heavy atom. The molecule has 1 amide bonds. The van der Waals surface area contributed by atoms with Gasteiger partial charge in [0.25, 0.3) is 5.91 Å². The molecule has 1 fully saturated rings. The topological polar surface area (TPSA) is 77.9 Å². The summed E-state index contributed by atoms with van der Waals surface area (Å²) >= 11 is 0. The molecule has 0 aliphatic carbocycles. The number of nitrogens with zero attached hydrogens (tertiary/aromatic N) is 3. The first kappa shape index (κ1) is 18.0. The molecular weight excluding hydrogens is 332 g/mol. The van der Waals surface area contributed by atoms with Crippen molar-refractivity contribution in [3.63, 3.8) is 0 Å². The van der Waals surface area contributed by atoms with E-state index in [4.69, 9.17) is 4.74 Å². The Morgan fingerprint density at radius 2 is 2.04 bits per heavy atom. The zero-order chi connectivity index (χ0) is 18.5. The Balaban J connectivity index is 1.69. The molecule has 0 bridgehead atoms. The minimum Gasteiger partial charge on any atom is -0.507 e. The number of anilines is 1. The van der Waals surface area contributed by atoms with Crippen LogP contribution >= 0.6 is 0 Å². The third-order valence-corrected chi connectivity index (χ3v) is 4.56. The molecule has 1 aromatic carbocycles. The number of hydrogen-bond acceptors (Lipinski definition) is 6. The van der Waals surface area contributed by atoms with Gasteiger partial charge in [-0.25, -0.2) is 4.98 Å². The van der Waals surface area contributed by atoms with Gasteiger partial charge in [0, 0.05) is 50.6 Å². The summed E-state index contributed by atoms with van der Waals surface area (Å²) in [6.07, 6.45) is 1.77. The number of nitrogens with one attached hydrogen (secondary N) is 1. The highest BCUT2D eigenvalue weighted by Gasteiger charge is 2.19. The van der Waals surface area contributed by atoms with Crippen molar-refractivity contribution >= 4 is 11.7 Å². The zero-order valence-corrected chi connectivity index (χ0v) is 15.1. The van der Waals surface area contributed by atoms with Gasteiger partial charge in [0.2, 0.25) is 0 Å².